The largest absolute Gasteiger partial charge is 0.493 e. The van der Waals surface area contributed by atoms with Gasteiger partial charge >= 0.3 is 0 Å². The molecule has 2 aromatic rings. The van der Waals surface area contributed by atoms with Gasteiger partial charge < -0.3 is 19.7 Å². The summed E-state index contributed by atoms with van der Waals surface area (Å²) in [5.41, 5.74) is 0.179. The first kappa shape index (κ1) is 15.3. The molecule has 23 heavy (non-hydrogen) atoms. The van der Waals surface area contributed by atoms with Crippen molar-refractivity contribution in [1.82, 2.24) is 4.98 Å². The van der Waals surface area contributed by atoms with Gasteiger partial charge in [0.1, 0.15) is 29.5 Å². The van der Waals surface area contributed by atoms with E-state index in [-0.39, 0.29) is 5.88 Å². The Morgan fingerprint density at radius 2 is 2.09 bits per heavy atom. The summed E-state index contributed by atoms with van der Waals surface area (Å²) in [6.45, 7) is 3.52. The third-order valence-electron chi connectivity index (χ3n) is 3.83. The van der Waals surface area contributed by atoms with Crippen LogP contribution in [0.15, 0.2) is 36.5 Å². The van der Waals surface area contributed by atoms with E-state index in [4.69, 9.17) is 9.47 Å². The van der Waals surface area contributed by atoms with Crippen LogP contribution in [0.1, 0.15) is 35.9 Å². The van der Waals surface area contributed by atoms with Gasteiger partial charge in [0.05, 0.1) is 0 Å². The smallest absolute Gasteiger partial charge is 0.214 e. The number of fused-ring (bicyclic) bond motifs is 1. The Labute approximate surface area is 133 Å². The molecule has 2 unspecified atom stereocenters. The molecule has 0 amide bonds. The first-order valence-electron chi connectivity index (χ1n) is 7.18. The number of hydrogen-bond donors (Lipinski definition) is 2. The highest BCUT2D eigenvalue weighted by Gasteiger charge is 2.44. The van der Waals surface area contributed by atoms with Crippen LogP contribution in [0.4, 0.5) is 0 Å². The summed E-state index contributed by atoms with van der Waals surface area (Å²) in [6.07, 6.45) is 0.425. The average molecular weight is 315 g/mol. The van der Waals surface area contributed by atoms with Crippen LogP contribution < -0.4 is 9.47 Å². The maximum Gasteiger partial charge on any atom is 0.214 e. The molecule has 1 aromatic carbocycles. The highest BCUT2D eigenvalue weighted by atomic mass is 16.5. The number of aromatic hydroxyl groups is 1. The van der Waals surface area contributed by atoms with Crippen LogP contribution in [-0.4, -0.2) is 33.2 Å². The summed E-state index contributed by atoms with van der Waals surface area (Å²) >= 11 is 0. The van der Waals surface area contributed by atoms with Crippen molar-refractivity contribution in [2.75, 3.05) is 0 Å². The van der Waals surface area contributed by atoms with Crippen molar-refractivity contribution in [2.45, 2.75) is 31.7 Å². The SMILES string of the molecule is CC1(C)Oc2ccc(C=O)cc2C(Oc2ccnc(O)c2)C1O. The monoisotopic (exact) mass is 315 g/mol. The van der Waals surface area contributed by atoms with Gasteiger partial charge in [-0.25, -0.2) is 4.98 Å². The van der Waals surface area contributed by atoms with Gasteiger partial charge in [-0.15, -0.1) is 0 Å². The molecule has 0 saturated carbocycles. The van der Waals surface area contributed by atoms with Gasteiger partial charge in [0.25, 0.3) is 0 Å². The molecule has 0 radical (unpaired) electrons. The number of aldehydes is 1. The maximum absolute atomic E-state index is 11.0. The minimum atomic E-state index is -0.966. The molecule has 0 saturated heterocycles. The molecule has 3 rings (SSSR count). The molecular weight excluding hydrogens is 298 g/mol. The van der Waals surface area contributed by atoms with Crippen molar-refractivity contribution >= 4 is 6.29 Å². The minimum Gasteiger partial charge on any atom is -0.493 e. The third kappa shape index (κ3) is 2.85. The molecule has 0 spiro atoms. The van der Waals surface area contributed by atoms with Crippen LogP contribution in [0.25, 0.3) is 0 Å². The van der Waals surface area contributed by atoms with Crippen LogP contribution in [0.5, 0.6) is 17.4 Å². The van der Waals surface area contributed by atoms with E-state index in [0.29, 0.717) is 22.6 Å². The molecule has 2 heterocycles. The first-order chi connectivity index (χ1) is 10.9. The summed E-state index contributed by atoms with van der Waals surface area (Å²) in [6, 6.07) is 7.91. The van der Waals surface area contributed by atoms with Gasteiger partial charge in [-0.2, -0.15) is 0 Å². The van der Waals surface area contributed by atoms with Gasteiger partial charge in [0.2, 0.25) is 5.88 Å². The van der Waals surface area contributed by atoms with Gasteiger partial charge in [-0.05, 0) is 38.1 Å². The van der Waals surface area contributed by atoms with Gasteiger partial charge in [-0.3, -0.25) is 4.79 Å². The third-order valence-corrected chi connectivity index (χ3v) is 3.83. The number of carbonyl (C=O) groups is 1. The average Bonchev–Trinajstić information content (AvgIpc) is 2.51. The number of hydrogen-bond acceptors (Lipinski definition) is 6. The maximum atomic E-state index is 11.0. The number of aliphatic hydroxyl groups is 1. The van der Waals surface area contributed by atoms with Crippen molar-refractivity contribution < 1.29 is 24.5 Å². The fraction of sp³-hybridized carbons (Fsp3) is 0.294. The van der Waals surface area contributed by atoms with E-state index in [0.717, 1.165) is 6.29 Å². The van der Waals surface area contributed by atoms with Crippen LogP contribution >= 0.6 is 0 Å². The molecule has 6 nitrogen and oxygen atoms in total. The van der Waals surface area contributed by atoms with Gasteiger partial charge in [0.15, 0.2) is 6.10 Å². The molecule has 120 valence electrons. The van der Waals surface area contributed by atoms with Crippen molar-refractivity contribution in [3.8, 4) is 17.4 Å². The second kappa shape index (κ2) is 5.55. The van der Waals surface area contributed by atoms with Crippen molar-refractivity contribution in [3.05, 3.63) is 47.7 Å². The molecule has 0 fully saturated rings. The molecule has 0 aliphatic carbocycles. The van der Waals surface area contributed by atoms with E-state index in [1.165, 1.54) is 12.3 Å². The normalized spacial score (nSPS) is 21.9. The zero-order chi connectivity index (χ0) is 16.6. The van der Waals surface area contributed by atoms with Gasteiger partial charge in [-0.1, -0.05) is 0 Å². The van der Waals surface area contributed by atoms with Gasteiger partial charge in [0, 0.05) is 23.4 Å². The minimum absolute atomic E-state index is 0.176. The fourth-order valence-corrected chi connectivity index (χ4v) is 2.58. The summed E-state index contributed by atoms with van der Waals surface area (Å²) in [4.78, 5) is 14.7. The van der Waals surface area contributed by atoms with Crippen LogP contribution in [0, 0.1) is 0 Å². The van der Waals surface area contributed by atoms with E-state index in [2.05, 4.69) is 4.98 Å². The number of rotatable bonds is 3. The molecule has 0 bridgehead atoms. The predicted octanol–water partition coefficient (Wildman–Crippen LogP) is 2.25. The number of benzene rings is 1. The number of nitrogens with zero attached hydrogens (tertiary/aromatic N) is 1. The Morgan fingerprint density at radius 1 is 1.30 bits per heavy atom. The molecule has 2 N–H and O–H groups in total. The first-order valence-corrected chi connectivity index (χ1v) is 7.18. The molecule has 6 heteroatoms. The highest BCUT2D eigenvalue weighted by molar-refractivity contribution is 5.76. The van der Waals surface area contributed by atoms with Crippen molar-refractivity contribution in [3.63, 3.8) is 0 Å². The molecule has 1 aliphatic rings. The summed E-state index contributed by atoms with van der Waals surface area (Å²) in [5.74, 6) is 0.737. The van der Waals surface area contributed by atoms with Crippen LogP contribution in [-0.2, 0) is 0 Å². The molecule has 1 aliphatic heterocycles. The lowest BCUT2D eigenvalue weighted by Gasteiger charge is -2.41. The lowest BCUT2D eigenvalue weighted by atomic mass is 9.87. The standard InChI is InChI=1S/C17H17NO5/c1-17(2)16(21)15(22-11-5-6-18-14(20)8-11)12-7-10(9-19)3-4-13(12)23-17/h3-9,15-16,21H,1-2H3,(H,18,20). The van der Waals surface area contributed by atoms with Crippen molar-refractivity contribution in [2.24, 2.45) is 0 Å². The zero-order valence-corrected chi connectivity index (χ0v) is 12.8. The summed E-state index contributed by atoms with van der Waals surface area (Å²) < 4.78 is 11.7. The molecule has 1 aromatic heterocycles. The zero-order valence-electron chi connectivity index (χ0n) is 12.8. The summed E-state index contributed by atoms with van der Waals surface area (Å²) in [5, 5.41) is 20.1. The van der Waals surface area contributed by atoms with Crippen LogP contribution in [0.3, 0.4) is 0 Å². The summed E-state index contributed by atoms with van der Waals surface area (Å²) in [7, 11) is 0. The number of pyridine rings is 1. The van der Waals surface area contributed by atoms with E-state index >= 15 is 0 Å². The fourth-order valence-electron chi connectivity index (χ4n) is 2.58. The number of ether oxygens (including phenoxy) is 2. The second-order valence-electron chi connectivity index (χ2n) is 5.95. The van der Waals surface area contributed by atoms with E-state index < -0.39 is 17.8 Å². The van der Waals surface area contributed by atoms with E-state index in [9.17, 15) is 15.0 Å². The quantitative estimate of drug-likeness (QED) is 0.845. The topological polar surface area (TPSA) is 88.9 Å². The predicted molar refractivity (Wildman–Crippen MR) is 81.8 cm³/mol. The Morgan fingerprint density at radius 3 is 2.78 bits per heavy atom. The highest BCUT2D eigenvalue weighted by Crippen LogP contribution is 2.42. The Bertz CT molecular complexity index is 744. The van der Waals surface area contributed by atoms with Crippen molar-refractivity contribution in [1.29, 1.82) is 0 Å². The number of aliphatic hydroxyl groups excluding tert-OH is 1. The Kier molecular flexibility index (Phi) is 3.69. The number of carbonyl (C=O) groups excluding carboxylic acids is 1. The van der Waals surface area contributed by atoms with Crippen LogP contribution in [0.2, 0.25) is 0 Å². The number of aromatic nitrogens is 1. The Hall–Kier alpha value is -2.60. The molecular formula is C17H17NO5. The van der Waals surface area contributed by atoms with E-state index in [1.54, 1.807) is 38.1 Å². The second-order valence-corrected chi connectivity index (χ2v) is 5.95. The van der Waals surface area contributed by atoms with E-state index in [1.807, 2.05) is 0 Å². The lowest BCUT2D eigenvalue weighted by Crippen LogP contribution is -2.50. The molecule has 2 atom stereocenters. The Balaban J connectivity index is 2.04. The lowest BCUT2D eigenvalue weighted by molar-refractivity contribution is -0.103.